The molecule has 5 rings (SSSR count). The van der Waals surface area contributed by atoms with E-state index in [4.69, 9.17) is 29.1 Å². The summed E-state index contributed by atoms with van der Waals surface area (Å²) in [5, 5.41) is 8.78. The minimum absolute atomic E-state index is 0.0120. The van der Waals surface area contributed by atoms with Gasteiger partial charge in [0.25, 0.3) is 0 Å². The third-order valence-corrected chi connectivity index (χ3v) is 9.93. The summed E-state index contributed by atoms with van der Waals surface area (Å²) in [6.45, 7) is 11.7. The first-order valence-corrected chi connectivity index (χ1v) is 16.7. The summed E-state index contributed by atoms with van der Waals surface area (Å²) in [7, 11) is 0. The highest BCUT2D eigenvalue weighted by Crippen LogP contribution is 2.49. The van der Waals surface area contributed by atoms with Gasteiger partial charge in [0, 0.05) is 18.1 Å². The Kier molecular flexibility index (Phi) is 12.3. The molecule has 1 fully saturated rings. The molecule has 17 heteroatoms. The summed E-state index contributed by atoms with van der Waals surface area (Å²) >= 11 is 3.13. The molecule has 1 aromatic carbocycles. The van der Waals surface area contributed by atoms with E-state index in [-0.39, 0.29) is 36.8 Å². The van der Waals surface area contributed by atoms with Crippen LogP contribution in [0.4, 0.5) is 18.0 Å². The fourth-order valence-corrected chi connectivity index (χ4v) is 7.63. The van der Waals surface area contributed by atoms with Crippen molar-refractivity contribution in [3.05, 3.63) is 79.1 Å². The topological polar surface area (TPSA) is 155 Å². The highest BCUT2D eigenvalue weighted by atomic mass is 32.2. The Hall–Kier alpha value is -4.64. The van der Waals surface area contributed by atoms with E-state index in [1.54, 1.807) is 18.3 Å². The van der Waals surface area contributed by atoms with Crippen LogP contribution in [0.2, 0.25) is 0 Å². The summed E-state index contributed by atoms with van der Waals surface area (Å²) in [6.07, 6.45) is 2.85. The van der Waals surface area contributed by atoms with Crippen LogP contribution in [0.5, 0.6) is 0 Å². The van der Waals surface area contributed by atoms with Crippen molar-refractivity contribution in [3.63, 3.8) is 0 Å². The van der Waals surface area contributed by atoms with Gasteiger partial charge in [-0.2, -0.15) is 13.2 Å². The number of aromatic nitrogens is 3. The highest BCUT2D eigenvalue weighted by Gasteiger charge is 2.61. The molecule has 0 spiro atoms. The monoisotopic (exact) mass is 722 g/mol. The average molecular weight is 723 g/mol. The molecule has 0 saturated carbocycles. The number of halogens is 3. The lowest BCUT2D eigenvalue weighted by Gasteiger charge is -2.47. The molecule has 4 heterocycles. The number of thioether (sulfide) groups is 1. The van der Waals surface area contributed by atoms with Gasteiger partial charge in [-0.25, -0.2) is 19.1 Å². The summed E-state index contributed by atoms with van der Waals surface area (Å²) in [4.78, 5) is 56.7. The second-order valence-electron chi connectivity index (χ2n) is 10.9. The zero-order valence-corrected chi connectivity index (χ0v) is 28.1. The molecular weight excluding hydrogens is 690 g/mol. The second kappa shape index (κ2) is 16.2. The average Bonchev–Trinajstić information content (AvgIpc) is 3.77. The van der Waals surface area contributed by atoms with Gasteiger partial charge in [-0.15, -0.1) is 11.3 Å². The molecule has 3 aromatic rings. The van der Waals surface area contributed by atoms with Gasteiger partial charge in [0.1, 0.15) is 43.4 Å². The van der Waals surface area contributed by atoms with Gasteiger partial charge in [0.05, 0.1) is 28.7 Å². The van der Waals surface area contributed by atoms with E-state index >= 15 is 0 Å². The van der Waals surface area contributed by atoms with E-state index in [1.165, 1.54) is 34.4 Å². The number of carboxylic acids is 1. The first-order chi connectivity index (χ1) is 23.3. The highest BCUT2D eigenvalue weighted by molar-refractivity contribution is 8.01. The molecule has 1 N–H and O–H groups in total. The van der Waals surface area contributed by atoms with E-state index < -0.39 is 36.3 Å². The smallest absolute Gasteiger partial charge is 0.508 e. The van der Waals surface area contributed by atoms with E-state index in [2.05, 4.69) is 40.9 Å². The summed E-state index contributed by atoms with van der Waals surface area (Å²) in [5.74, 6) is -4.17. The molecule has 49 heavy (non-hydrogen) atoms. The van der Waals surface area contributed by atoms with Crippen LogP contribution >= 0.6 is 23.1 Å². The number of nitrogens with zero attached hydrogens (tertiary/aromatic N) is 3. The third kappa shape index (κ3) is 8.89. The normalized spacial score (nSPS) is 18.9. The van der Waals surface area contributed by atoms with Crippen LogP contribution in [0.1, 0.15) is 19.4 Å². The summed E-state index contributed by atoms with van der Waals surface area (Å²) < 4.78 is 51.3. The van der Waals surface area contributed by atoms with E-state index in [0.29, 0.717) is 5.75 Å². The number of benzene rings is 1. The van der Waals surface area contributed by atoms with Crippen molar-refractivity contribution in [3.8, 4) is 0 Å². The molecule has 4 atom stereocenters. The molecule has 0 aliphatic carbocycles. The molecule has 12 nitrogen and oxygen atoms in total. The van der Waals surface area contributed by atoms with Gasteiger partial charge in [-0.05, 0) is 30.2 Å². The maximum absolute atomic E-state index is 13.3. The first kappa shape index (κ1) is 37.2. The minimum atomic E-state index is -5.19. The molecule has 2 aliphatic heterocycles. The van der Waals surface area contributed by atoms with Gasteiger partial charge in [-0.1, -0.05) is 50.1 Å². The first-order valence-electron chi connectivity index (χ1n) is 14.9. The SMILES string of the molecule is C=CCOC(=O)O[C@H](C)[C@H]1C(=O)N2C(C(=O)OCC=C)=C(CSc3nc4cc(CC[n+]5cc[nH]c5)ccc4s3)[C@H](C)[C@H]12.O=C([O-])C(F)(F)F. The number of aliphatic carboxylic acids is 1. The van der Waals surface area contributed by atoms with Crippen molar-refractivity contribution in [2.45, 2.75) is 49.5 Å². The van der Waals surface area contributed by atoms with Crippen LogP contribution in [0.25, 0.3) is 10.2 Å². The quantitative estimate of drug-likeness (QED) is 0.0908. The molecule has 1 saturated heterocycles. The van der Waals surface area contributed by atoms with Gasteiger partial charge >= 0.3 is 18.3 Å². The van der Waals surface area contributed by atoms with E-state index in [0.717, 1.165) is 33.1 Å². The molecule has 0 radical (unpaired) electrons. The second-order valence-corrected chi connectivity index (χ2v) is 13.2. The van der Waals surface area contributed by atoms with Gasteiger partial charge < -0.3 is 29.0 Å². The van der Waals surface area contributed by atoms with Gasteiger partial charge in [0.2, 0.25) is 12.2 Å². The molecule has 0 bridgehead atoms. The molecule has 1 amide bonds. The van der Waals surface area contributed by atoms with Crippen LogP contribution < -0.4 is 9.67 Å². The van der Waals surface area contributed by atoms with Crippen LogP contribution in [0, 0.1) is 11.8 Å². The van der Waals surface area contributed by atoms with Crippen molar-refractivity contribution < 1.29 is 56.2 Å². The molecular formula is C32H33F3N4O8S2. The number of rotatable bonds is 13. The van der Waals surface area contributed by atoms with Gasteiger partial charge in [0.15, 0.2) is 4.34 Å². The van der Waals surface area contributed by atoms with E-state index in [9.17, 15) is 27.6 Å². The predicted molar refractivity (Wildman–Crippen MR) is 170 cm³/mol. The van der Waals surface area contributed by atoms with Crippen molar-refractivity contribution in [1.82, 2.24) is 14.9 Å². The number of thiazole rings is 1. The van der Waals surface area contributed by atoms with Crippen LogP contribution in [-0.4, -0.2) is 76.2 Å². The van der Waals surface area contributed by atoms with Crippen LogP contribution in [0.3, 0.4) is 0 Å². The largest absolute Gasteiger partial charge is 0.542 e. The lowest BCUT2D eigenvalue weighted by Crippen LogP contribution is -2.64. The number of carbonyl (C=O) groups excluding carboxylic acids is 4. The number of H-pyrrole nitrogens is 1. The molecule has 2 aromatic heterocycles. The Morgan fingerprint density at radius 2 is 1.92 bits per heavy atom. The maximum Gasteiger partial charge on any atom is 0.508 e. The Balaban J connectivity index is 0.000000698. The fourth-order valence-electron chi connectivity index (χ4n) is 5.43. The van der Waals surface area contributed by atoms with Crippen molar-refractivity contribution in [1.29, 1.82) is 0 Å². The number of imidazole rings is 1. The Labute approximate surface area is 287 Å². The number of carbonyl (C=O) groups is 4. The fraction of sp³-hybridized carbons (Fsp3) is 0.375. The van der Waals surface area contributed by atoms with E-state index in [1.807, 2.05) is 25.6 Å². The number of nitrogens with one attached hydrogen (secondary N) is 1. The number of fused-ring (bicyclic) bond motifs is 2. The molecule has 2 aliphatic rings. The number of hydrogen-bond donors (Lipinski definition) is 1. The van der Waals surface area contributed by atoms with Gasteiger partial charge in [-0.3, -0.25) is 9.78 Å². The number of aromatic amines is 1. The number of hydrogen-bond acceptors (Lipinski definition) is 11. The maximum atomic E-state index is 13.3. The number of carboxylic acid groups (broad SMARTS) is 1. The van der Waals surface area contributed by atoms with Crippen LogP contribution in [0.15, 0.2) is 77.8 Å². The molecule has 0 unspecified atom stereocenters. The predicted octanol–water partition coefficient (Wildman–Crippen LogP) is 3.73. The summed E-state index contributed by atoms with van der Waals surface area (Å²) in [5.41, 5.74) is 3.21. The Morgan fingerprint density at radius 1 is 1.22 bits per heavy atom. The zero-order chi connectivity index (χ0) is 35.9. The summed E-state index contributed by atoms with van der Waals surface area (Å²) in [6, 6.07) is 6.01. The minimum Gasteiger partial charge on any atom is -0.542 e. The van der Waals surface area contributed by atoms with Crippen molar-refractivity contribution in [2.75, 3.05) is 19.0 Å². The van der Waals surface area contributed by atoms with Crippen molar-refractivity contribution in [2.24, 2.45) is 11.8 Å². The molecule has 262 valence electrons. The third-order valence-electron chi connectivity index (χ3n) is 7.70. The number of alkyl halides is 3. The number of esters is 1. The number of amides is 1. The van der Waals surface area contributed by atoms with Crippen LogP contribution in [-0.2, 0) is 41.6 Å². The Morgan fingerprint density at radius 3 is 2.55 bits per heavy atom. The lowest BCUT2D eigenvalue weighted by molar-refractivity contribution is -0.695. The zero-order valence-electron chi connectivity index (χ0n) is 26.4. The standard InChI is InChI=1S/C30H32N4O6S2.C2HF3O2/c1-5-13-38-28(36)26-21(18(3)25-24(27(35)34(25)26)19(4)40-30(37)39-14-6-2)16-41-29-32-22-15-20(7-8-23(22)42-29)9-11-33-12-10-31-17-33;3-2(4,5)1(6)7/h5-8,10,12,15,17-19,24-25H,1-2,9,11,13-14,16H2,3-4H3;(H,6,7)/t18-,19+,24+,25+;/m0./s1. The number of ether oxygens (including phenoxy) is 3. The van der Waals surface area contributed by atoms with Crippen molar-refractivity contribution >= 4 is 57.3 Å². The lowest BCUT2D eigenvalue weighted by atomic mass is 9.78. The number of β-lactam (4-membered cyclic amide) rings is 1. The number of aryl methyl sites for hydroxylation is 2. The Bertz CT molecular complexity index is 1740.